The van der Waals surface area contributed by atoms with E-state index in [4.69, 9.17) is 5.11 Å². The Bertz CT molecular complexity index is 1260. The van der Waals surface area contributed by atoms with Crippen LogP contribution in [0.2, 0.25) is 0 Å². The van der Waals surface area contributed by atoms with Gasteiger partial charge in [0.15, 0.2) is 20.0 Å². The second kappa shape index (κ2) is 14.7. The lowest BCUT2D eigenvalue weighted by atomic mass is 10.3. The highest BCUT2D eigenvalue weighted by atomic mass is 32.3. The van der Waals surface area contributed by atoms with Crippen LogP contribution in [0.1, 0.15) is 19.8 Å². The largest absolute Gasteiger partial charge is 0.512 e. The van der Waals surface area contributed by atoms with E-state index in [0.717, 1.165) is 10.7 Å². The average molecular weight is 731 g/mol. The minimum atomic E-state index is -6.72. The highest BCUT2D eigenvalue weighted by Crippen LogP contribution is 2.36. The molecule has 1 rings (SSSR count). The van der Waals surface area contributed by atoms with E-state index < -0.39 is 66.3 Å². The van der Waals surface area contributed by atoms with Gasteiger partial charge in [-0.25, -0.2) is 42.8 Å². The van der Waals surface area contributed by atoms with E-state index in [0.29, 0.717) is 6.54 Å². The third-order valence-electron chi connectivity index (χ3n) is 3.48. The predicted molar refractivity (Wildman–Crippen MR) is 113 cm³/mol. The molecular formula is C13H18F12N4O9S4. The van der Waals surface area contributed by atoms with Gasteiger partial charge in [-0.1, -0.05) is 17.5 Å². The van der Waals surface area contributed by atoms with Gasteiger partial charge in [0.2, 0.25) is 6.33 Å². The highest BCUT2D eigenvalue weighted by molar-refractivity contribution is 8.13. The number of aliphatic hydroxyl groups is 1. The number of halogens is 12. The van der Waals surface area contributed by atoms with Gasteiger partial charge in [-0.2, -0.15) is 52.7 Å². The van der Waals surface area contributed by atoms with Gasteiger partial charge in [0.1, 0.15) is 18.9 Å². The number of alkyl halides is 12. The molecule has 1 heterocycles. The molecule has 0 bridgehead atoms. The molecule has 42 heavy (non-hydrogen) atoms. The first-order valence-electron chi connectivity index (χ1n) is 9.71. The van der Waals surface area contributed by atoms with Crippen molar-refractivity contribution in [3.05, 3.63) is 22.8 Å². The van der Waals surface area contributed by atoms with Crippen molar-refractivity contribution >= 4 is 40.1 Å². The maximum Gasteiger partial charge on any atom is 0.512 e. The second-order valence-corrected chi connectivity index (χ2v) is 13.9. The molecule has 1 aromatic rings. The Morgan fingerprint density at radius 1 is 0.738 bits per heavy atom. The summed E-state index contributed by atoms with van der Waals surface area (Å²) in [5, 5.41) is 8.67. The molecule has 13 nitrogen and oxygen atoms in total. The Balaban J connectivity index is 0. The molecule has 0 aromatic carbocycles. The van der Waals surface area contributed by atoms with E-state index >= 15 is 0 Å². The van der Waals surface area contributed by atoms with Gasteiger partial charge in [-0.05, 0) is 6.42 Å². The maximum atomic E-state index is 11.5. The smallest absolute Gasteiger partial charge is 0.421 e. The third-order valence-corrected chi connectivity index (χ3v) is 9.20. The van der Waals surface area contributed by atoms with E-state index in [9.17, 15) is 86.4 Å². The molecule has 1 aromatic heterocycles. The summed E-state index contributed by atoms with van der Waals surface area (Å²) in [5.41, 5.74) is -24.7. The molecule has 0 spiro atoms. The van der Waals surface area contributed by atoms with E-state index in [1.165, 1.54) is 12.8 Å². The number of rotatable bonds is 9. The Hall–Kier alpha value is -1.95. The molecular weight excluding hydrogens is 712 g/mol. The summed E-state index contributed by atoms with van der Waals surface area (Å²) in [4.78, 5) is 0. The molecule has 2 N–H and O–H groups in total. The molecule has 0 aliphatic carbocycles. The highest BCUT2D eigenvalue weighted by Gasteiger charge is 2.55. The zero-order chi connectivity index (χ0) is 34.2. The lowest BCUT2D eigenvalue weighted by molar-refractivity contribution is -0.696. The Kier molecular flexibility index (Phi) is 14.7. The fraction of sp³-hybridized carbons (Fsp3) is 0.769. The lowest BCUT2D eigenvalue weighted by Gasteiger charge is -2.22. The molecule has 0 unspecified atom stereocenters. The topological polar surface area (TPSA) is 192 Å². The third kappa shape index (κ3) is 13.6. The quantitative estimate of drug-likeness (QED) is 0.282. The average Bonchev–Trinajstić information content (AvgIpc) is 3.16. The Morgan fingerprint density at radius 3 is 1.40 bits per heavy atom. The summed E-state index contributed by atoms with van der Waals surface area (Å²) in [6, 6.07) is 0. The number of aryl methyl sites for hydroxylation is 1. The fourth-order valence-electron chi connectivity index (χ4n) is 1.61. The predicted octanol–water partition coefficient (Wildman–Crippen LogP) is 1.90. The van der Waals surface area contributed by atoms with Gasteiger partial charge >= 0.3 is 42.1 Å². The van der Waals surface area contributed by atoms with E-state index in [-0.39, 0.29) is 6.61 Å². The van der Waals surface area contributed by atoms with Crippen molar-refractivity contribution in [3.8, 4) is 0 Å². The molecule has 0 saturated carbocycles. The number of unbranched alkanes of at least 4 members (excludes halogenated alkanes) is 1. The van der Waals surface area contributed by atoms with Gasteiger partial charge in [0, 0.05) is 0 Å². The Morgan fingerprint density at radius 2 is 1.12 bits per heavy atom. The molecule has 252 valence electrons. The number of sulfonamides is 4. The van der Waals surface area contributed by atoms with Gasteiger partial charge < -0.3 is 9.23 Å². The van der Waals surface area contributed by atoms with Crippen LogP contribution in [0, 0.1) is 0 Å². The van der Waals surface area contributed by atoms with Crippen molar-refractivity contribution in [1.82, 2.24) is 8.69 Å². The van der Waals surface area contributed by atoms with E-state index in [1.54, 1.807) is 0 Å². The van der Waals surface area contributed by atoms with Crippen molar-refractivity contribution in [1.29, 1.82) is 0 Å². The second-order valence-electron chi connectivity index (χ2n) is 6.86. The van der Waals surface area contributed by atoms with Gasteiger partial charge in [0.25, 0.3) is 0 Å². The molecule has 29 heteroatoms. The van der Waals surface area contributed by atoms with Crippen LogP contribution in [-0.4, -0.2) is 72.0 Å². The summed E-state index contributed by atoms with van der Waals surface area (Å²) in [6.45, 7) is 4.17. The van der Waals surface area contributed by atoms with E-state index in [2.05, 4.69) is 11.5 Å². The molecule has 0 aliphatic rings. The van der Waals surface area contributed by atoms with Crippen LogP contribution in [0.3, 0.4) is 0 Å². The van der Waals surface area contributed by atoms with Gasteiger partial charge in [0.05, 0.1) is 13.2 Å². The van der Waals surface area contributed by atoms with Crippen LogP contribution < -0.4 is 8.69 Å². The lowest BCUT2D eigenvalue weighted by Crippen LogP contribution is -2.45. The number of aromatic nitrogens is 2. The molecule has 0 atom stereocenters. The van der Waals surface area contributed by atoms with Crippen molar-refractivity contribution in [3.63, 3.8) is 0 Å². The van der Waals surface area contributed by atoms with Crippen LogP contribution in [0.4, 0.5) is 52.7 Å². The fourth-order valence-corrected chi connectivity index (χ4v) is 5.23. The number of nitrogens with one attached hydrogen (secondary N) is 1. The first-order chi connectivity index (χ1) is 18.3. The molecule has 0 amide bonds. The van der Waals surface area contributed by atoms with Crippen LogP contribution in [0.5, 0.6) is 0 Å². The summed E-state index contributed by atoms with van der Waals surface area (Å²) in [6.07, 6.45) is 8.51. The molecule has 0 aliphatic heterocycles. The number of hydrogen-bond acceptors (Lipinski definition) is 9. The SMILES string of the molecule is CCCC[n+]1ccn(CCO)c1.O=S(=O)(NS(=O)(=O)C(F)(F)F)C(F)(F)F.O=S(=O)([N-]S(=O)(=O)C(F)(F)F)C(F)(F)F. The molecule has 0 fully saturated rings. The van der Waals surface area contributed by atoms with Crippen LogP contribution in [0.25, 0.3) is 4.13 Å². The van der Waals surface area contributed by atoms with Gasteiger partial charge in [-0.15, -0.1) is 0 Å². The zero-order valence-corrected chi connectivity index (χ0v) is 23.3. The minimum absolute atomic E-state index is 0.211. The monoisotopic (exact) mass is 730 g/mol. The molecule has 0 saturated heterocycles. The summed E-state index contributed by atoms with van der Waals surface area (Å²) in [7, 11) is -26.6. The van der Waals surface area contributed by atoms with Crippen LogP contribution in [0.15, 0.2) is 18.7 Å². The van der Waals surface area contributed by atoms with Crippen LogP contribution in [-0.2, 0) is 53.2 Å². The number of hydrogen-bond donors (Lipinski definition) is 2. The summed E-state index contributed by atoms with van der Waals surface area (Å²) < 4.78 is 222. The first kappa shape index (κ1) is 42.2. The number of nitrogens with zero attached hydrogens (tertiary/aromatic N) is 3. The number of imidazole rings is 1. The minimum Gasteiger partial charge on any atom is -0.421 e. The van der Waals surface area contributed by atoms with Crippen molar-refractivity contribution < 1.29 is 96.0 Å². The standard InChI is InChI=1S/C9H17N2O.C2HF6NO4S2.C2F6NO4S2/c1-2-3-4-10-5-6-11(9-10)7-8-12;2*3-1(4,5)14(10,11)9-15(12,13)2(6,7)8/h5-6,9,12H,2-4,7-8H2,1H3;9H;/q+1;;-1. The van der Waals surface area contributed by atoms with Gasteiger partial charge in [-0.3, -0.25) is 0 Å². The molecule has 0 radical (unpaired) electrons. The first-order valence-corrected chi connectivity index (χ1v) is 15.6. The van der Waals surface area contributed by atoms with Crippen molar-refractivity contribution in [2.75, 3.05) is 6.61 Å². The van der Waals surface area contributed by atoms with E-state index in [1.807, 2.05) is 23.3 Å². The summed E-state index contributed by atoms with van der Waals surface area (Å²) >= 11 is 0. The maximum absolute atomic E-state index is 11.5. The summed E-state index contributed by atoms with van der Waals surface area (Å²) in [5.74, 6) is 0. The zero-order valence-electron chi connectivity index (χ0n) is 20.0. The normalized spacial score (nSPS) is 14.0. The van der Waals surface area contributed by atoms with Crippen LogP contribution >= 0.6 is 0 Å². The number of aliphatic hydroxyl groups excluding tert-OH is 1. The van der Waals surface area contributed by atoms with Crippen molar-refractivity contribution in [2.24, 2.45) is 0 Å². The van der Waals surface area contributed by atoms with Crippen molar-refractivity contribution in [2.45, 2.75) is 54.9 Å². The Labute approximate surface area is 229 Å².